The van der Waals surface area contributed by atoms with E-state index < -0.39 is 83.5 Å². The van der Waals surface area contributed by atoms with E-state index in [1.807, 2.05) is 0 Å². The van der Waals surface area contributed by atoms with Gasteiger partial charge >= 0.3 is 27.6 Å². The molecule has 17 nitrogen and oxygen atoms in total. The van der Waals surface area contributed by atoms with Crippen LogP contribution in [0.4, 0.5) is 0 Å². The summed E-state index contributed by atoms with van der Waals surface area (Å²) in [5, 5.41) is 41.3. The van der Waals surface area contributed by atoms with Gasteiger partial charge < -0.3 is 49.3 Å². The van der Waals surface area contributed by atoms with Crippen LogP contribution in [0.2, 0.25) is 0 Å². The van der Waals surface area contributed by atoms with Gasteiger partial charge in [-0.2, -0.15) is 0 Å². The highest BCUT2D eigenvalue weighted by atomic mass is 31.2. The molecule has 7 unspecified atom stereocenters. The van der Waals surface area contributed by atoms with Gasteiger partial charge in [0.25, 0.3) is 0 Å². The van der Waals surface area contributed by atoms with Crippen molar-refractivity contribution in [1.82, 2.24) is 0 Å². The summed E-state index contributed by atoms with van der Waals surface area (Å²) in [4.78, 5) is 54.4. The number of carbonyl (C=O) groups is 2. The van der Waals surface area contributed by atoms with Crippen molar-refractivity contribution in [3.05, 3.63) is 12.2 Å². The zero-order chi connectivity index (χ0) is 48.6. The molecule has 0 aromatic carbocycles. The Morgan fingerprint density at radius 1 is 0.545 bits per heavy atom. The third kappa shape index (κ3) is 29.0. The predicted molar refractivity (Wildman–Crippen MR) is 250 cm³/mol. The van der Waals surface area contributed by atoms with Gasteiger partial charge in [0.1, 0.15) is 43.2 Å². The molecule has 1 saturated heterocycles. The Morgan fingerprint density at radius 2 is 1.02 bits per heavy atom. The van der Waals surface area contributed by atoms with Crippen LogP contribution in [-0.2, 0) is 46.5 Å². The fraction of sp³-hybridized carbons (Fsp3) is 0.915. The van der Waals surface area contributed by atoms with E-state index in [4.69, 9.17) is 23.3 Å². The number of hydrogen-bond acceptors (Lipinski definition) is 14. The number of phosphoric ester groups is 2. The Hall–Kier alpha value is -1.30. The topological polar surface area (TPSA) is 269 Å². The third-order valence-electron chi connectivity index (χ3n) is 12.3. The number of hydrogen-bond donors (Lipinski definition) is 7. The van der Waals surface area contributed by atoms with Gasteiger partial charge in [-0.1, -0.05) is 167 Å². The maximum Gasteiger partial charge on any atom is 0.472 e. The van der Waals surface area contributed by atoms with E-state index in [0.717, 1.165) is 70.6 Å². The van der Waals surface area contributed by atoms with Gasteiger partial charge in [0, 0.05) is 12.8 Å². The molecule has 10 atom stereocenters. The minimum absolute atomic E-state index is 0.0439. The summed E-state index contributed by atoms with van der Waals surface area (Å²) in [6.45, 7) is 3.09. The molecule has 19 heteroatoms. The van der Waals surface area contributed by atoms with E-state index in [2.05, 4.69) is 30.5 Å². The van der Waals surface area contributed by atoms with E-state index in [9.17, 15) is 53.8 Å². The molecule has 2 aliphatic rings. The molecule has 7 N–H and O–H groups in total. The Morgan fingerprint density at radius 3 is 1.55 bits per heavy atom. The highest BCUT2D eigenvalue weighted by Crippen LogP contribution is 2.49. The normalized spacial score (nSPS) is 24.6. The molecule has 2 fully saturated rings. The molecule has 0 bridgehead atoms. The van der Waals surface area contributed by atoms with Crippen molar-refractivity contribution < 1.29 is 81.6 Å². The van der Waals surface area contributed by atoms with Crippen molar-refractivity contribution in [3.8, 4) is 0 Å². The zero-order valence-electron chi connectivity index (χ0n) is 40.1. The van der Waals surface area contributed by atoms with Crippen LogP contribution >= 0.6 is 15.6 Å². The van der Waals surface area contributed by atoms with Crippen LogP contribution < -0.4 is 0 Å². The van der Waals surface area contributed by atoms with Crippen molar-refractivity contribution in [2.24, 2.45) is 0 Å². The van der Waals surface area contributed by atoms with Crippen molar-refractivity contribution in [3.63, 3.8) is 0 Å². The fourth-order valence-electron chi connectivity index (χ4n) is 8.21. The Balaban J connectivity index is 1.76. The largest absolute Gasteiger partial charge is 0.472 e. The molecule has 2 rings (SSSR count). The second kappa shape index (κ2) is 35.7. The van der Waals surface area contributed by atoms with Crippen LogP contribution in [0.5, 0.6) is 0 Å². The van der Waals surface area contributed by atoms with Crippen LogP contribution in [0.3, 0.4) is 0 Å². The molecule has 0 radical (unpaired) electrons. The van der Waals surface area contributed by atoms with Crippen LogP contribution in [0, 0.1) is 0 Å². The summed E-state index contributed by atoms with van der Waals surface area (Å²) >= 11 is 0. The van der Waals surface area contributed by atoms with Crippen molar-refractivity contribution >= 4 is 27.6 Å². The van der Waals surface area contributed by atoms with Gasteiger partial charge in [-0.05, 0) is 38.5 Å². The van der Waals surface area contributed by atoms with Gasteiger partial charge in [-0.25, -0.2) is 9.13 Å². The SMILES string of the molecule is CCCCCCCCCCCCCCCCCCCC(=O)O[C@H](COC(=O)CCCCCCC/C=C\CC1OC1CCCCC)COP(=O)(O)O[C@H]1C(O)C(O)C(O)[C@@H](OP(=O)(O)O)C1O. The number of aliphatic hydroxyl groups is 4. The van der Waals surface area contributed by atoms with Crippen LogP contribution in [0.25, 0.3) is 0 Å². The Labute approximate surface area is 394 Å². The van der Waals surface area contributed by atoms with E-state index >= 15 is 0 Å². The highest BCUT2D eigenvalue weighted by molar-refractivity contribution is 7.47. The van der Waals surface area contributed by atoms with E-state index in [1.165, 1.54) is 96.3 Å². The summed E-state index contributed by atoms with van der Waals surface area (Å²) < 4.78 is 55.2. The number of esters is 2. The molecule has 0 spiro atoms. The average Bonchev–Trinajstić information content (AvgIpc) is 4.03. The number of ether oxygens (including phenoxy) is 3. The average molecular weight is 987 g/mol. The van der Waals surface area contributed by atoms with Crippen LogP contribution in [-0.4, -0.2) is 115 Å². The third-order valence-corrected chi connectivity index (χ3v) is 13.8. The van der Waals surface area contributed by atoms with Crippen LogP contribution in [0.1, 0.15) is 206 Å². The van der Waals surface area contributed by atoms with E-state index in [0.29, 0.717) is 25.0 Å². The standard InChI is InChI=1S/C47H88O17P2/c1-3-5-7-8-9-10-11-12-13-14-15-16-17-18-23-26-30-34-41(49)61-37(36-60-66(57,58)64-47-44(52)42(50)43(51)46(45(47)53)63-65(54,55)56)35-59-40(48)33-29-25-22-20-19-21-24-28-32-39-38(62-39)31-27-6-4-2/h24,28,37-39,42-47,50-53H,3-23,25-27,29-36H2,1-2H3,(H,57,58)(H2,54,55,56)/b28-24-/t37-,38?,39?,42?,43?,44?,45?,46-,47+/m1/s1. The van der Waals surface area contributed by atoms with Crippen LogP contribution in [0.15, 0.2) is 12.2 Å². The molecule has 1 heterocycles. The molecule has 1 aliphatic carbocycles. The van der Waals surface area contributed by atoms with Gasteiger partial charge in [0.05, 0.1) is 18.8 Å². The minimum Gasteiger partial charge on any atom is -0.462 e. The van der Waals surface area contributed by atoms with E-state index in [-0.39, 0.29) is 12.8 Å². The molecule has 388 valence electrons. The summed E-state index contributed by atoms with van der Waals surface area (Å²) in [6.07, 6.45) is 21.9. The number of phosphoric acid groups is 2. The molecular weight excluding hydrogens is 898 g/mol. The summed E-state index contributed by atoms with van der Waals surface area (Å²) in [6, 6.07) is 0. The molecule has 0 aromatic rings. The molecule has 1 saturated carbocycles. The number of unbranched alkanes of at least 4 members (excludes halogenated alkanes) is 23. The second-order valence-corrected chi connectivity index (χ2v) is 20.9. The maximum atomic E-state index is 13.0. The van der Waals surface area contributed by atoms with Gasteiger partial charge in [-0.3, -0.25) is 23.2 Å². The lowest BCUT2D eigenvalue weighted by Crippen LogP contribution is -2.64. The summed E-state index contributed by atoms with van der Waals surface area (Å²) in [7, 11) is -10.7. The summed E-state index contributed by atoms with van der Waals surface area (Å²) in [5.74, 6) is -1.22. The van der Waals surface area contributed by atoms with Crippen molar-refractivity contribution in [2.75, 3.05) is 13.2 Å². The Kier molecular flexibility index (Phi) is 32.9. The van der Waals surface area contributed by atoms with Gasteiger partial charge in [0.2, 0.25) is 0 Å². The molecule has 0 aromatic heterocycles. The second-order valence-electron chi connectivity index (χ2n) is 18.3. The van der Waals surface area contributed by atoms with Crippen molar-refractivity contribution in [2.45, 2.75) is 261 Å². The number of aliphatic hydroxyl groups excluding tert-OH is 4. The van der Waals surface area contributed by atoms with E-state index in [1.54, 1.807) is 0 Å². The minimum atomic E-state index is -5.37. The lowest BCUT2D eigenvalue weighted by molar-refractivity contribution is -0.216. The first-order valence-electron chi connectivity index (χ1n) is 25.4. The summed E-state index contributed by atoms with van der Waals surface area (Å²) in [5.41, 5.74) is 0. The molecule has 0 amide bonds. The Bertz CT molecular complexity index is 1400. The zero-order valence-corrected chi connectivity index (χ0v) is 41.9. The quantitative estimate of drug-likeness (QED) is 0.00989. The lowest BCUT2D eigenvalue weighted by atomic mass is 9.85. The number of carbonyl (C=O) groups excluding carboxylic acids is 2. The monoisotopic (exact) mass is 987 g/mol. The highest BCUT2D eigenvalue weighted by Gasteiger charge is 2.54. The fourth-order valence-corrected chi connectivity index (χ4v) is 9.75. The van der Waals surface area contributed by atoms with Crippen molar-refractivity contribution in [1.29, 1.82) is 0 Å². The molecular formula is C47H88O17P2. The van der Waals surface area contributed by atoms with Gasteiger partial charge in [-0.15, -0.1) is 0 Å². The lowest BCUT2D eigenvalue weighted by Gasteiger charge is -2.43. The van der Waals surface area contributed by atoms with Gasteiger partial charge in [0.15, 0.2) is 6.10 Å². The molecule has 1 aliphatic heterocycles. The number of epoxide rings is 1. The number of allylic oxidation sites excluding steroid dienone is 1. The maximum absolute atomic E-state index is 13.0. The molecule has 66 heavy (non-hydrogen) atoms. The first-order valence-corrected chi connectivity index (χ1v) is 28.4. The number of rotatable bonds is 42. The first-order chi connectivity index (χ1) is 31.6. The smallest absolute Gasteiger partial charge is 0.462 e. The first kappa shape index (κ1) is 60.8. The predicted octanol–water partition coefficient (Wildman–Crippen LogP) is 8.95.